The third-order valence-electron chi connectivity index (χ3n) is 6.62. The van der Waals surface area contributed by atoms with Gasteiger partial charge in [0.25, 0.3) is 0 Å². The lowest BCUT2D eigenvalue weighted by molar-refractivity contribution is -0.390. The molecule has 1 aliphatic rings. The van der Waals surface area contributed by atoms with E-state index in [1.54, 1.807) is 20.2 Å². The van der Waals surface area contributed by atoms with Crippen molar-refractivity contribution >= 4 is 21.7 Å². The molecular weight excluding hydrogens is 602 g/mol. The van der Waals surface area contributed by atoms with Gasteiger partial charge in [0.05, 0.1) is 21.8 Å². The van der Waals surface area contributed by atoms with Crippen LogP contribution >= 0.6 is 15.9 Å². The summed E-state index contributed by atoms with van der Waals surface area (Å²) in [7, 11) is 1.61. The second-order valence-corrected chi connectivity index (χ2v) is 10.4. The fourth-order valence-electron chi connectivity index (χ4n) is 4.78. The topological polar surface area (TPSA) is 114 Å². The normalized spacial score (nSPS) is 16.0. The second-order valence-electron chi connectivity index (χ2n) is 9.46. The monoisotopic (exact) mass is 623 g/mol. The van der Waals surface area contributed by atoms with Gasteiger partial charge in [-0.05, 0) is 57.4 Å². The summed E-state index contributed by atoms with van der Waals surface area (Å²) in [6.45, 7) is 1.42. The summed E-state index contributed by atoms with van der Waals surface area (Å²) >= 11 is 3.22. The van der Waals surface area contributed by atoms with Gasteiger partial charge in [-0.25, -0.2) is 9.37 Å². The van der Waals surface area contributed by atoms with Gasteiger partial charge in [0.1, 0.15) is 23.4 Å². The Kier molecular flexibility index (Phi) is 7.33. The lowest BCUT2D eigenvalue weighted by Gasteiger charge is -2.25. The predicted octanol–water partition coefficient (Wildman–Crippen LogP) is 5.74. The van der Waals surface area contributed by atoms with E-state index in [9.17, 15) is 27.7 Å². The fourth-order valence-corrected chi connectivity index (χ4v) is 5.09. The van der Waals surface area contributed by atoms with Crippen LogP contribution in [0.4, 0.5) is 23.4 Å². The van der Waals surface area contributed by atoms with Crippen LogP contribution in [0.3, 0.4) is 0 Å². The number of rotatable bonds is 7. The van der Waals surface area contributed by atoms with Crippen LogP contribution in [0.2, 0.25) is 0 Å². The molecule has 0 radical (unpaired) electrons. The van der Waals surface area contributed by atoms with Gasteiger partial charge in [0.2, 0.25) is 5.75 Å². The standard InChI is InChI=1S/C25H22BrF4N7O3/c1-13(40-21-7-15(26)10-31-24(21)37(38)39)19-8-16(27)4-5-18(19)23-20(33-35(2)34-23)9-17-12-36-11-14(25(28,29)30)3-6-22(36)32-17/h4-5,7-8,10,12-14H,3,6,9,11H2,1-2H3/t13-,14?/m1/s1. The largest absolute Gasteiger partial charge is 0.478 e. The molecule has 0 saturated heterocycles. The summed E-state index contributed by atoms with van der Waals surface area (Å²) in [4.78, 5) is 20.4. The number of hydrogen-bond donors (Lipinski definition) is 0. The Balaban J connectivity index is 1.47. The third kappa shape index (κ3) is 5.69. The highest BCUT2D eigenvalue weighted by atomic mass is 79.9. The third-order valence-corrected chi connectivity index (χ3v) is 7.05. The number of fused-ring (bicyclic) bond motifs is 1. The number of aryl methyl sites for hydroxylation is 2. The van der Waals surface area contributed by atoms with Crippen molar-refractivity contribution in [2.45, 2.75) is 45.0 Å². The average molecular weight is 624 g/mol. The van der Waals surface area contributed by atoms with Crippen molar-refractivity contribution in [1.29, 1.82) is 0 Å². The Morgan fingerprint density at radius 3 is 2.77 bits per heavy atom. The zero-order valence-corrected chi connectivity index (χ0v) is 22.8. The first kappa shape index (κ1) is 27.7. The molecule has 15 heteroatoms. The van der Waals surface area contributed by atoms with Crippen LogP contribution in [0.1, 0.15) is 42.2 Å². The molecule has 210 valence electrons. The molecule has 3 aromatic heterocycles. The number of nitro groups is 1. The molecule has 5 rings (SSSR count). The Hall–Kier alpha value is -3.88. The minimum Gasteiger partial charge on any atom is -0.478 e. The van der Waals surface area contributed by atoms with Crippen molar-refractivity contribution in [3.05, 3.63) is 79.8 Å². The van der Waals surface area contributed by atoms with Crippen LogP contribution in [0.25, 0.3) is 11.3 Å². The number of halogens is 5. The fraction of sp³-hybridized carbons (Fsp3) is 0.360. The maximum atomic E-state index is 14.4. The Bertz CT molecular complexity index is 1590. The van der Waals surface area contributed by atoms with Crippen LogP contribution < -0.4 is 4.74 Å². The highest BCUT2D eigenvalue weighted by Crippen LogP contribution is 2.37. The van der Waals surface area contributed by atoms with E-state index in [4.69, 9.17) is 4.74 Å². The zero-order valence-electron chi connectivity index (χ0n) is 21.2. The van der Waals surface area contributed by atoms with Gasteiger partial charge in [-0.1, -0.05) is 0 Å². The van der Waals surface area contributed by atoms with Gasteiger partial charge >= 0.3 is 12.0 Å². The van der Waals surface area contributed by atoms with Crippen molar-refractivity contribution < 1.29 is 27.2 Å². The van der Waals surface area contributed by atoms with Crippen molar-refractivity contribution in [3.63, 3.8) is 0 Å². The highest BCUT2D eigenvalue weighted by Gasteiger charge is 2.41. The first-order chi connectivity index (χ1) is 18.9. The Morgan fingerprint density at radius 2 is 2.05 bits per heavy atom. The molecule has 1 aliphatic heterocycles. The number of imidazole rings is 1. The number of benzene rings is 1. The molecule has 1 unspecified atom stereocenters. The van der Waals surface area contributed by atoms with E-state index in [1.807, 2.05) is 0 Å². The van der Waals surface area contributed by atoms with Gasteiger partial charge in [0.15, 0.2) is 6.20 Å². The molecule has 4 heterocycles. The van der Waals surface area contributed by atoms with Gasteiger partial charge in [-0.3, -0.25) is 0 Å². The molecule has 40 heavy (non-hydrogen) atoms. The lowest BCUT2D eigenvalue weighted by atomic mass is 9.98. The molecule has 0 bridgehead atoms. The van der Waals surface area contributed by atoms with Crippen LogP contribution in [0.5, 0.6) is 5.75 Å². The summed E-state index contributed by atoms with van der Waals surface area (Å²) in [5.41, 5.74) is 2.23. The van der Waals surface area contributed by atoms with Crippen LogP contribution in [-0.4, -0.2) is 40.6 Å². The van der Waals surface area contributed by atoms with Crippen LogP contribution in [0, 0.1) is 21.8 Å². The Morgan fingerprint density at radius 1 is 1.27 bits per heavy atom. The maximum absolute atomic E-state index is 14.4. The number of ether oxygens (including phenoxy) is 1. The first-order valence-electron chi connectivity index (χ1n) is 12.2. The molecule has 0 amide bonds. The summed E-state index contributed by atoms with van der Waals surface area (Å²) in [5, 5.41) is 20.4. The molecule has 1 aromatic carbocycles. The van der Waals surface area contributed by atoms with Crippen molar-refractivity contribution in [2.24, 2.45) is 13.0 Å². The molecular formula is C25H22BrF4N7O3. The van der Waals surface area contributed by atoms with Crippen LogP contribution in [-0.2, 0) is 26.4 Å². The van der Waals surface area contributed by atoms with E-state index in [2.05, 4.69) is 36.1 Å². The SMILES string of the molecule is C[C@@H](Oc1cc(Br)cnc1[N+](=O)[O-])c1cc(F)ccc1-c1nn(C)nc1Cc1cn2c(n1)CCC(C(F)(F)F)C2. The number of aromatic nitrogens is 6. The molecule has 10 nitrogen and oxygen atoms in total. The van der Waals surface area contributed by atoms with Crippen molar-refractivity contribution in [2.75, 3.05) is 0 Å². The number of pyridine rings is 1. The summed E-state index contributed by atoms with van der Waals surface area (Å²) in [5.74, 6) is -2.00. The quantitative estimate of drug-likeness (QED) is 0.146. The zero-order chi connectivity index (χ0) is 28.8. The van der Waals surface area contributed by atoms with E-state index in [0.29, 0.717) is 38.5 Å². The number of alkyl halides is 3. The molecule has 0 spiro atoms. The number of hydrogen-bond acceptors (Lipinski definition) is 7. The van der Waals surface area contributed by atoms with Crippen molar-refractivity contribution in [3.8, 4) is 17.0 Å². The molecule has 0 saturated carbocycles. The minimum absolute atomic E-state index is 0.0150. The lowest BCUT2D eigenvalue weighted by Crippen LogP contribution is -2.31. The molecule has 2 atom stereocenters. The van der Waals surface area contributed by atoms with E-state index in [-0.39, 0.29) is 31.6 Å². The van der Waals surface area contributed by atoms with E-state index >= 15 is 0 Å². The number of nitrogens with zero attached hydrogens (tertiary/aromatic N) is 7. The van der Waals surface area contributed by atoms with E-state index in [1.165, 1.54) is 39.8 Å². The maximum Gasteiger partial charge on any atom is 0.406 e. The van der Waals surface area contributed by atoms with Crippen LogP contribution in [0.15, 0.2) is 41.1 Å². The molecule has 4 aromatic rings. The summed E-state index contributed by atoms with van der Waals surface area (Å²) in [6.07, 6.45) is -1.90. The minimum atomic E-state index is -4.27. The Labute approximate surface area is 233 Å². The highest BCUT2D eigenvalue weighted by molar-refractivity contribution is 9.10. The molecule has 0 N–H and O–H groups in total. The predicted molar refractivity (Wildman–Crippen MR) is 137 cm³/mol. The van der Waals surface area contributed by atoms with E-state index in [0.717, 1.165) is 0 Å². The smallest absolute Gasteiger partial charge is 0.406 e. The molecule has 0 fully saturated rings. The second kappa shape index (κ2) is 10.6. The van der Waals surface area contributed by atoms with Gasteiger partial charge in [-0.15, -0.1) is 0 Å². The summed E-state index contributed by atoms with van der Waals surface area (Å²) in [6, 6.07) is 5.41. The van der Waals surface area contributed by atoms with Gasteiger partial charge < -0.3 is 19.4 Å². The first-order valence-corrected chi connectivity index (χ1v) is 13.0. The van der Waals surface area contributed by atoms with Gasteiger partial charge in [-0.2, -0.15) is 28.2 Å². The van der Waals surface area contributed by atoms with E-state index < -0.39 is 34.8 Å². The average Bonchev–Trinajstić information content (AvgIpc) is 3.45. The van der Waals surface area contributed by atoms with Gasteiger partial charge in [0, 0.05) is 49.8 Å². The van der Waals surface area contributed by atoms with Crippen molar-refractivity contribution in [1.82, 2.24) is 29.5 Å². The molecule has 0 aliphatic carbocycles. The summed E-state index contributed by atoms with van der Waals surface area (Å²) < 4.78 is 62.0.